The summed E-state index contributed by atoms with van der Waals surface area (Å²) in [5, 5.41) is 0. The molecule has 6 rings (SSSR count). The van der Waals surface area contributed by atoms with Crippen LogP contribution in [0.25, 0.3) is 5.57 Å². The van der Waals surface area contributed by atoms with Gasteiger partial charge in [-0.2, -0.15) is 13.2 Å². The lowest BCUT2D eigenvalue weighted by molar-refractivity contribution is -0.137. The van der Waals surface area contributed by atoms with Gasteiger partial charge in [0.05, 0.1) is 5.56 Å². The van der Waals surface area contributed by atoms with Gasteiger partial charge < -0.3 is 4.90 Å². The number of benzene rings is 3. The van der Waals surface area contributed by atoms with Gasteiger partial charge in [-0.05, 0) is 54.7 Å². The van der Waals surface area contributed by atoms with Crippen LogP contribution in [0.1, 0.15) is 36.1 Å². The molecule has 2 saturated heterocycles. The second-order valence-corrected chi connectivity index (χ2v) is 11.3. The summed E-state index contributed by atoms with van der Waals surface area (Å²) in [5.41, 5.74) is 2.32. The third kappa shape index (κ3) is 4.28. The van der Waals surface area contributed by atoms with Gasteiger partial charge in [0.15, 0.2) is 5.78 Å². The van der Waals surface area contributed by atoms with Gasteiger partial charge >= 0.3 is 12.2 Å². The molecule has 2 fully saturated rings. The number of hydrogen-bond acceptors (Lipinski definition) is 3. The van der Waals surface area contributed by atoms with E-state index in [1.54, 1.807) is 4.90 Å². The minimum Gasteiger partial charge on any atom is -0.304 e. The summed E-state index contributed by atoms with van der Waals surface area (Å²) in [4.78, 5) is 45.4. The molecule has 3 aromatic carbocycles. The van der Waals surface area contributed by atoms with Crippen molar-refractivity contribution in [2.24, 2.45) is 5.92 Å². The molecule has 0 saturated carbocycles. The quantitative estimate of drug-likeness (QED) is 0.251. The summed E-state index contributed by atoms with van der Waals surface area (Å²) >= 11 is 0. The van der Waals surface area contributed by atoms with Gasteiger partial charge in [-0.3, -0.25) is 14.5 Å². The van der Waals surface area contributed by atoms with E-state index in [-0.39, 0.29) is 25.3 Å². The van der Waals surface area contributed by atoms with Crippen molar-refractivity contribution in [1.82, 2.24) is 9.80 Å². The number of carbonyl (C=O) groups excluding carboxylic acids is 3. The van der Waals surface area contributed by atoms with E-state index >= 15 is 0 Å². The smallest absolute Gasteiger partial charge is 0.304 e. The molecule has 0 unspecified atom stereocenters. The first kappa shape index (κ1) is 27.7. The standard InChI is InChI=1S/C34H29F3N2O3/c1-21(2)27-29-26(28(30(27)40)24-11-7-4-8-12-24)20-39-32(42)38(18-17-22-9-5-3-6-10-22)31(41)33(29,39)19-23-13-15-25(16-14-23)34(35,36)37/h3-16,29H,17-20H2,1-2H3/t29-,33+/m1/s1. The van der Waals surface area contributed by atoms with Crippen molar-refractivity contribution in [3.05, 3.63) is 124 Å². The molecule has 214 valence electrons. The molecule has 2 aliphatic heterocycles. The number of allylic oxidation sites excluding steroid dienone is 2. The van der Waals surface area contributed by atoms with Gasteiger partial charge in [0.1, 0.15) is 5.54 Å². The normalized spacial score (nSPS) is 21.9. The van der Waals surface area contributed by atoms with Gasteiger partial charge in [-0.1, -0.05) is 78.4 Å². The Bertz CT molecular complexity index is 1640. The molecule has 2 heterocycles. The summed E-state index contributed by atoms with van der Waals surface area (Å²) < 4.78 is 40.0. The fourth-order valence-electron chi connectivity index (χ4n) is 6.75. The Morgan fingerprint density at radius 3 is 2.07 bits per heavy atom. The van der Waals surface area contributed by atoms with Gasteiger partial charge in [0.2, 0.25) is 0 Å². The molecule has 42 heavy (non-hydrogen) atoms. The van der Waals surface area contributed by atoms with E-state index in [0.717, 1.165) is 23.3 Å². The largest absolute Gasteiger partial charge is 0.416 e. The number of rotatable bonds is 6. The minimum absolute atomic E-state index is 0.0160. The number of imide groups is 1. The maximum atomic E-state index is 14.6. The topological polar surface area (TPSA) is 57.7 Å². The van der Waals surface area contributed by atoms with Gasteiger partial charge in [0.25, 0.3) is 5.91 Å². The highest BCUT2D eigenvalue weighted by Gasteiger charge is 2.69. The maximum absolute atomic E-state index is 14.6. The highest BCUT2D eigenvalue weighted by atomic mass is 19.4. The van der Waals surface area contributed by atoms with Crippen LogP contribution in [0.15, 0.2) is 102 Å². The first-order valence-electron chi connectivity index (χ1n) is 13.9. The lowest BCUT2D eigenvalue weighted by Gasteiger charge is -2.34. The summed E-state index contributed by atoms with van der Waals surface area (Å²) in [6.07, 6.45) is -4.06. The van der Waals surface area contributed by atoms with Crippen LogP contribution < -0.4 is 0 Å². The van der Waals surface area contributed by atoms with E-state index < -0.39 is 35.1 Å². The van der Waals surface area contributed by atoms with Crippen molar-refractivity contribution in [2.45, 2.75) is 38.4 Å². The first-order chi connectivity index (χ1) is 20.0. The Balaban J connectivity index is 1.48. The van der Waals surface area contributed by atoms with E-state index in [2.05, 4.69) is 0 Å². The van der Waals surface area contributed by atoms with Crippen LogP contribution in [-0.4, -0.2) is 46.1 Å². The molecule has 2 atom stereocenters. The molecule has 0 N–H and O–H groups in total. The Hall–Kier alpha value is -4.46. The lowest BCUT2D eigenvalue weighted by atomic mass is 9.74. The van der Waals surface area contributed by atoms with Crippen molar-refractivity contribution < 1.29 is 27.6 Å². The number of carbonyl (C=O) groups is 3. The van der Waals surface area contributed by atoms with Crippen molar-refractivity contribution in [1.29, 1.82) is 0 Å². The number of fused-ring (bicyclic) bond motifs is 3. The Kier molecular flexibility index (Phi) is 6.67. The number of amides is 3. The van der Waals surface area contributed by atoms with E-state index in [9.17, 15) is 27.6 Å². The molecule has 5 nitrogen and oxygen atoms in total. The third-order valence-electron chi connectivity index (χ3n) is 8.62. The fourth-order valence-corrected chi connectivity index (χ4v) is 6.75. The lowest BCUT2D eigenvalue weighted by Crippen LogP contribution is -2.52. The SMILES string of the molecule is CC(C)=C1C(=O)C(c2ccccc2)=C2CN3C(=O)N(CCc4ccccc4)C(=O)[C@]3(Cc3ccc(C(F)(F)F)cc3)[C@H]21. The Morgan fingerprint density at radius 1 is 0.857 bits per heavy atom. The predicted molar refractivity (Wildman–Crippen MR) is 152 cm³/mol. The monoisotopic (exact) mass is 570 g/mol. The second-order valence-electron chi connectivity index (χ2n) is 11.3. The van der Waals surface area contributed by atoms with Crippen LogP contribution in [0.3, 0.4) is 0 Å². The number of halogens is 3. The highest BCUT2D eigenvalue weighted by Crippen LogP contribution is 2.56. The number of ketones is 1. The molecule has 0 bridgehead atoms. The number of Topliss-reactive ketones (excluding diaryl/α,β-unsaturated/α-hetero) is 1. The maximum Gasteiger partial charge on any atom is 0.416 e. The Labute approximate surface area is 241 Å². The van der Waals surface area contributed by atoms with Gasteiger partial charge in [-0.25, -0.2) is 4.79 Å². The highest BCUT2D eigenvalue weighted by molar-refractivity contribution is 6.34. The van der Waals surface area contributed by atoms with Crippen molar-refractivity contribution in [3.63, 3.8) is 0 Å². The first-order valence-corrected chi connectivity index (χ1v) is 13.9. The average Bonchev–Trinajstić information content (AvgIpc) is 3.51. The van der Waals surface area contributed by atoms with Crippen molar-refractivity contribution >= 4 is 23.3 Å². The molecule has 8 heteroatoms. The number of urea groups is 1. The average molecular weight is 571 g/mol. The van der Waals surface area contributed by atoms with Crippen LogP contribution in [0.2, 0.25) is 0 Å². The number of alkyl halides is 3. The zero-order chi connectivity index (χ0) is 29.8. The molecule has 3 amide bonds. The van der Waals surface area contributed by atoms with Gasteiger partial charge in [0, 0.05) is 36.6 Å². The van der Waals surface area contributed by atoms with Crippen molar-refractivity contribution in [2.75, 3.05) is 13.1 Å². The Morgan fingerprint density at radius 2 is 1.48 bits per heavy atom. The van der Waals surface area contributed by atoms with E-state index in [1.807, 2.05) is 74.5 Å². The zero-order valence-electron chi connectivity index (χ0n) is 23.2. The molecule has 0 radical (unpaired) electrons. The van der Waals surface area contributed by atoms with Crippen LogP contribution in [0, 0.1) is 5.92 Å². The van der Waals surface area contributed by atoms with Crippen molar-refractivity contribution in [3.8, 4) is 0 Å². The third-order valence-corrected chi connectivity index (χ3v) is 8.62. The van der Waals surface area contributed by atoms with Crippen LogP contribution in [-0.2, 0) is 28.6 Å². The van der Waals surface area contributed by atoms with E-state index in [4.69, 9.17) is 0 Å². The molecule has 1 aliphatic carbocycles. The van der Waals surface area contributed by atoms with Crippen LogP contribution >= 0.6 is 0 Å². The second kappa shape index (κ2) is 10.1. The molecule has 3 aromatic rings. The molecule has 3 aliphatic rings. The number of hydrogen-bond donors (Lipinski definition) is 0. The molecular weight excluding hydrogens is 541 g/mol. The zero-order valence-corrected chi connectivity index (χ0v) is 23.2. The number of nitrogens with zero attached hydrogens (tertiary/aromatic N) is 2. The molecule has 0 spiro atoms. The summed E-state index contributed by atoms with van der Waals surface area (Å²) in [7, 11) is 0. The minimum atomic E-state index is -4.50. The molecular formula is C34H29F3N2O3. The molecule has 0 aromatic heterocycles. The van der Waals surface area contributed by atoms with Gasteiger partial charge in [-0.15, -0.1) is 0 Å². The predicted octanol–water partition coefficient (Wildman–Crippen LogP) is 6.50. The van der Waals surface area contributed by atoms with Crippen LogP contribution in [0.4, 0.5) is 18.0 Å². The summed E-state index contributed by atoms with van der Waals surface area (Å²) in [6.45, 7) is 3.89. The van der Waals surface area contributed by atoms with E-state index in [0.29, 0.717) is 34.3 Å². The summed E-state index contributed by atoms with van der Waals surface area (Å²) in [5.74, 6) is -1.30. The fraction of sp³-hybridized carbons (Fsp3) is 0.265. The van der Waals surface area contributed by atoms with Crippen LogP contribution in [0.5, 0.6) is 0 Å². The van der Waals surface area contributed by atoms with E-state index in [1.165, 1.54) is 17.0 Å². The summed E-state index contributed by atoms with van der Waals surface area (Å²) in [6, 6.07) is 23.0.